The molecule has 0 radical (unpaired) electrons. The molecule has 0 fully saturated rings. The van der Waals surface area contributed by atoms with Crippen molar-refractivity contribution < 1.29 is 28.9 Å². The Morgan fingerprint density at radius 3 is 2.31 bits per heavy atom. The molecule has 0 saturated carbocycles. The SMILES string of the molecule is COc1cc(CNC(=O)c2ccc(Cl)cc2OCC(=O)O)cc(OC)c1. The first-order valence-corrected chi connectivity index (χ1v) is 7.95. The molecule has 0 spiro atoms. The number of carboxylic acids is 1. The summed E-state index contributed by atoms with van der Waals surface area (Å²) >= 11 is 5.89. The van der Waals surface area contributed by atoms with Gasteiger partial charge in [-0.2, -0.15) is 0 Å². The van der Waals surface area contributed by atoms with E-state index in [4.69, 9.17) is 30.9 Å². The van der Waals surface area contributed by atoms with Gasteiger partial charge in [-0.25, -0.2) is 4.79 Å². The van der Waals surface area contributed by atoms with Gasteiger partial charge < -0.3 is 24.6 Å². The van der Waals surface area contributed by atoms with Crippen molar-refractivity contribution in [3.8, 4) is 17.2 Å². The molecule has 8 heteroatoms. The maximum absolute atomic E-state index is 12.5. The number of carbonyl (C=O) groups excluding carboxylic acids is 1. The van der Waals surface area contributed by atoms with Crippen molar-refractivity contribution in [3.63, 3.8) is 0 Å². The number of ether oxygens (including phenoxy) is 3. The molecule has 0 aliphatic heterocycles. The topological polar surface area (TPSA) is 94.1 Å². The largest absolute Gasteiger partial charge is 0.497 e. The number of carboxylic acid groups (broad SMARTS) is 1. The van der Waals surface area contributed by atoms with Crippen LogP contribution in [0.2, 0.25) is 5.02 Å². The maximum Gasteiger partial charge on any atom is 0.341 e. The summed E-state index contributed by atoms with van der Waals surface area (Å²) in [5.41, 5.74) is 0.960. The summed E-state index contributed by atoms with van der Waals surface area (Å²) in [6.07, 6.45) is 0. The van der Waals surface area contributed by atoms with Gasteiger partial charge in [-0.1, -0.05) is 11.6 Å². The zero-order valence-corrected chi connectivity index (χ0v) is 15.0. The van der Waals surface area contributed by atoms with Crippen molar-refractivity contribution in [3.05, 3.63) is 52.5 Å². The Labute approximate surface area is 155 Å². The second kappa shape index (κ2) is 8.96. The van der Waals surface area contributed by atoms with Crippen molar-refractivity contribution in [1.82, 2.24) is 5.32 Å². The Morgan fingerprint density at radius 2 is 1.73 bits per heavy atom. The van der Waals surface area contributed by atoms with E-state index < -0.39 is 18.5 Å². The van der Waals surface area contributed by atoms with Crippen LogP contribution in [-0.2, 0) is 11.3 Å². The van der Waals surface area contributed by atoms with Gasteiger partial charge in [0.25, 0.3) is 5.91 Å². The van der Waals surface area contributed by atoms with Gasteiger partial charge in [-0.05, 0) is 35.9 Å². The lowest BCUT2D eigenvalue weighted by Crippen LogP contribution is -2.24. The van der Waals surface area contributed by atoms with E-state index in [-0.39, 0.29) is 17.9 Å². The van der Waals surface area contributed by atoms with E-state index >= 15 is 0 Å². The quantitative estimate of drug-likeness (QED) is 0.732. The molecule has 0 saturated heterocycles. The molecule has 0 bridgehead atoms. The van der Waals surface area contributed by atoms with E-state index in [0.29, 0.717) is 16.5 Å². The summed E-state index contributed by atoms with van der Waals surface area (Å²) < 4.78 is 15.5. The van der Waals surface area contributed by atoms with Crippen LogP contribution in [0.15, 0.2) is 36.4 Å². The van der Waals surface area contributed by atoms with E-state index in [1.165, 1.54) is 32.4 Å². The molecule has 1 amide bonds. The van der Waals surface area contributed by atoms with Gasteiger partial charge >= 0.3 is 5.97 Å². The van der Waals surface area contributed by atoms with Crippen LogP contribution >= 0.6 is 11.6 Å². The summed E-state index contributed by atoms with van der Waals surface area (Å²) in [6, 6.07) is 9.66. The molecule has 0 heterocycles. The molecule has 2 aromatic rings. The molecule has 0 aliphatic carbocycles. The minimum absolute atomic E-state index is 0.0978. The third kappa shape index (κ3) is 5.29. The summed E-state index contributed by atoms with van der Waals surface area (Å²) in [5.74, 6) is -0.277. The van der Waals surface area contributed by atoms with Crippen LogP contribution < -0.4 is 19.5 Å². The van der Waals surface area contributed by atoms with Crippen LogP contribution in [0.1, 0.15) is 15.9 Å². The van der Waals surface area contributed by atoms with E-state index in [0.717, 1.165) is 5.56 Å². The predicted octanol–water partition coefficient (Wildman–Crippen LogP) is 2.75. The normalized spacial score (nSPS) is 10.1. The Kier molecular flexibility index (Phi) is 6.68. The number of methoxy groups -OCH3 is 2. The smallest absolute Gasteiger partial charge is 0.341 e. The highest BCUT2D eigenvalue weighted by Gasteiger charge is 2.14. The molecule has 2 aromatic carbocycles. The summed E-state index contributed by atoms with van der Waals surface area (Å²) in [5, 5.41) is 11.8. The first-order valence-electron chi connectivity index (χ1n) is 7.57. The minimum Gasteiger partial charge on any atom is -0.497 e. The van der Waals surface area contributed by atoms with E-state index in [1.54, 1.807) is 18.2 Å². The summed E-state index contributed by atoms with van der Waals surface area (Å²) in [4.78, 5) is 23.1. The zero-order valence-electron chi connectivity index (χ0n) is 14.2. The summed E-state index contributed by atoms with van der Waals surface area (Å²) in [7, 11) is 3.08. The van der Waals surface area contributed by atoms with Gasteiger partial charge in [-0.3, -0.25) is 4.79 Å². The molecular weight excluding hydrogens is 362 g/mol. The van der Waals surface area contributed by atoms with Crippen LogP contribution in [0.3, 0.4) is 0 Å². The molecule has 138 valence electrons. The number of aliphatic carboxylic acids is 1. The number of hydrogen-bond acceptors (Lipinski definition) is 5. The number of amides is 1. The van der Waals surface area contributed by atoms with Gasteiger partial charge in [0.05, 0.1) is 19.8 Å². The molecule has 0 aromatic heterocycles. The first-order chi connectivity index (χ1) is 12.4. The van der Waals surface area contributed by atoms with Crippen molar-refractivity contribution in [1.29, 1.82) is 0 Å². The molecule has 26 heavy (non-hydrogen) atoms. The molecule has 0 atom stereocenters. The average molecular weight is 380 g/mol. The van der Waals surface area contributed by atoms with Crippen molar-refractivity contribution in [2.24, 2.45) is 0 Å². The molecular formula is C18H18ClNO6. The van der Waals surface area contributed by atoms with Gasteiger partial charge in [0.1, 0.15) is 17.2 Å². The lowest BCUT2D eigenvalue weighted by molar-refractivity contribution is -0.139. The standard InChI is InChI=1S/C18H18ClNO6/c1-24-13-5-11(6-14(8-13)25-2)9-20-18(23)15-4-3-12(19)7-16(15)26-10-17(21)22/h3-8H,9-10H2,1-2H3,(H,20,23)(H,21,22). The fourth-order valence-corrected chi connectivity index (χ4v) is 2.35. The molecule has 2 N–H and O–H groups in total. The lowest BCUT2D eigenvalue weighted by atomic mass is 10.1. The number of halogens is 1. The fourth-order valence-electron chi connectivity index (χ4n) is 2.19. The first kappa shape index (κ1) is 19.4. The van der Waals surface area contributed by atoms with Gasteiger partial charge in [0.2, 0.25) is 0 Å². The van der Waals surface area contributed by atoms with E-state index in [9.17, 15) is 9.59 Å². The van der Waals surface area contributed by atoms with Crippen LogP contribution in [0.5, 0.6) is 17.2 Å². The highest BCUT2D eigenvalue weighted by molar-refractivity contribution is 6.30. The Morgan fingerprint density at radius 1 is 1.08 bits per heavy atom. The van der Waals surface area contributed by atoms with Crippen LogP contribution in [0.25, 0.3) is 0 Å². The minimum atomic E-state index is -1.15. The second-order valence-electron chi connectivity index (χ2n) is 5.23. The van der Waals surface area contributed by atoms with Crippen molar-refractivity contribution in [2.75, 3.05) is 20.8 Å². The number of hydrogen-bond donors (Lipinski definition) is 2. The van der Waals surface area contributed by atoms with Gasteiger partial charge in [-0.15, -0.1) is 0 Å². The zero-order chi connectivity index (χ0) is 19.1. The van der Waals surface area contributed by atoms with Crippen molar-refractivity contribution >= 4 is 23.5 Å². The van der Waals surface area contributed by atoms with Gasteiger partial charge in [0.15, 0.2) is 6.61 Å². The van der Waals surface area contributed by atoms with E-state index in [2.05, 4.69) is 5.32 Å². The predicted molar refractivity (Wildman–Crippen MR) is 95.3 cm³/mol. The Bertz CT molecular complexity index is 786. The van der Waals surface area contributed by atoms with Crippen LogP contribution in [0, 0.1) is 0 Å². The molecule has 0 aliphatic rings. The average Bonchev–Trinajstić information content (AvgIpc) is 2.64. The number of nitrogens with one attached hydrogen (secondary N) is 1. The molecule has 7 nitrogen and oxygen atoms in total. The Balaban J connectivity index is 2.14. The highest BCUT2D eigenvalue weighted by Crippen LogP contribution is 2.25. The number of carbonyl (C=O) groups is 2. The Hall–Kier alpha value is -2.93. The molecule has 2 rings (SSSR count). The number of rotatable bonds is 8. The lowest BCUT2D eigenvalue weighted by Gasteiger charge is -2.12. The van der Waals surface area contributed by atoms with Crippen LogP contribution in [-0.4, -0.2) is 37.8 Å². The fraction of sp³-hybridized carbons (Fsp3) is 0.222. The highest BCUT2D eigenvalue weighted by atomic mass is 35.5. The summed E-state index contributed by atoms with van der Waals surface area (Å²) in [6.45, 7) is -0.360. The number of benzene rings is 2. The maximum atomic E-state index is 12.5. The third-order valence-corrected chi connectivity index (χ3v) is 3.64. The second-order valence-corrected chi connectivity index (χ2v) is 5.66. The van der Waals surface area contributed by atoms with Gasteiger partial charge in [0, 0.05) is 17.6 Å². The third-order valence-electron chi connectivity index (χ3n) is 3.40. The molecule has 0 unspecified atom stereocenters. The van der Waals surface area contributed by atoms with Crippen LogP contribution in [0.4, 0.5) is 0 Å². The van der Waals surface area contributed by atoms with Crippen molar-refractivity contribution in [2.45, 2.75) is 6.54 Å². The van der Waals surface area contributed by atoms with E-state index in [1.807, 2.05) is 0 Å². The monoisotopic (exact) mass is 379 g/mol.